The molecule has 0 aliphatic heterocycles. The SMILES string of the molecule is CCOC(=O)C(C)(CN)Oc1ccc(Cl)cc1. The largest absolute Gasteiger partial charge is 0.475 e. The first-order valence-electron chi connectivity index (χ1n) is 5.33. The Bertz CT molecular complexity index is 380. The molecule has 17 heavy (non-hydrogen) atoms. The smallest absolute Gasteiger partial charge is 0.351 e. The van der Waals surface area contributed by atoms with E-state index < -0.39 is 11.6 Å². The molecule has 0 saturated heterocycles. The van der Waals surface area contributed by atoms with Crippen molar-refractivity contribution in [2.45, 2.75) is 19.4 Å². The summed E-state index contributed by atoms with van der Waals surface area (Å²) in [6.45, 7) is 3.66. The van der Waals surface area contributed by atoms with Gasteiger partial charge in [-0.15, -0.1) is 0 Å². The third kappa shape index (κ3) is 3.61. The average Bonchev–Trinajstić information content (AvgIpc) is 2.32. The maximum Gasteiger partial charge on any atom is 0.351 e. The minimum atomic E-state index is -1.18. The van der Waals surface area contributed by atoms with Crippen molar-refractivity contribution in [1.29, 1.82) is 0 Å². The minimum absolute atomic E-state index is 0.0362. The number of hydrogen-bond acceptors (Lipinski definition) is 4. The second-order valence-corrected chi connectivity index (χ2v) is 4.15. The standard InChI is InChI=1S/C12H16ClNO3/c1-3-16-11(15)12(2,8-14)17-10-6-4-9(13)5-7-10/h4-7H,3,8,14H2,1-2H3. The first kappa shape index (κ1) is 13.8. The summed E-state index contributed by atoms with van der Waals surface area (Å²) < 4.78 is 10.5. The van der Waals surface area contributed by atoms with Crippen LogP contribution in [0.2, 0.25) is 5.02 Å². The van der Waals surface area contributed by atoms with Crippen LogP contribution in [0.4, 0.5) is 0 Å². The molecule has 1 aromatic carbocycles. The molecule has 0 heterocycles. The predicted molar refractivity (Wildman–Crippen MR) is 66.2 cm³/mol. The first-order chi connectivity index (χ1) is 8.01. The molecular formula is C12H16ClNO3. The first-order valence-corrected chi connectivity index (χ1v) is 5.71. The van der Waals surface area contributed by atoms with Gasteiger partial charge in [0, 0.05) is 11.6 Å². The maximum atomic E-state index is 11.7. The fourth-order valence-electron chi connectivity index (χ4n) is 1.21. The van der Waals surface area contributed by atoms with Crippen LogP contribution in [0.1, 0.15) is 13.8 Å². The molecule has 0 aliphatic rings. The van der Waals surface area contributed by atoms with Gasteiger partial charge < -0.3 is 15.2 Å². The quantitative estimate of drug-likeness (QED) is 0.820. The summed E-state index contributed by atoms with van der Waals surface area (Å²) in [4.78, 5) is 11.7. The van der Waals surface area contributed by atoms with E-state index in [1.807, 2.05) is 0 Å². The lowest BCUT2D eigenvalue weighted by Gasteiger charge is -2.26. The number of carbonyl (C=O) groups excluding carboxylic acids is 1. The Kier molecular flexibility index (Phi) is 4.78. The monoisotopic (exact) mass is 257 g/mol. The summed E-state index contributed by atoms with van der Waals surface area (Å²) >= 11 is 5.76. The fraction of sp³-hybridized carbons (Fsp3) is 0.417. The van der Waals surface area contributed by atoms with Gasteiger partial charge in [-0.05, 0) is 38.1 Å². The average molecular weight is 258 g/mol. The number of benzene rings is 1. The van der Waals surface area contributed by atoms with Gasteiger partial charge in [0.2, 0.25) is 5.60 Å². The minimum Gasteiger partial charge on any atom is -0.475 e. The Morgan fingerprint density at radius 1 is 1.41 bits per heavy atom. The number of carbonyl (C=O) groups is 1. The van der Waals surface area contributed by atoms with Crippen LogP contribution in [-0.2, 0) is 9.53 Å². The Balaban J connectivity index is 2.81. The number of halogens is 1. The van der Waals surface area contributed by atoms with Gasteiger partial charge in [-0.1, -0.05) is 11.6 Å². The second-order valence-electron chi connectivity index (χ2n) is 3.71. The lowest BCUT2D eigenvalue weighted by molar-refractivity contribution is -0.159. The van der Waals surface area contributed by atoms with Crippen molar-refractivity contribution >= 4 is 17.6 Å². The molecule has 1 unspecified atom stereocenters. The van der Waals surface area contributed by atoms with Crippen LogP contribution in [0.15, 0.2) is 24.3 Å². The molecule has 1 aromatic rings. The number of rotatable bonds is 5. The molecule has 0 aliphatic carbocycles. The highest BCUT2D eigenvalue weighted by atomic mass is 35.5. The molecule has 5 heteroatoms. The maximum absolute atomic E-state index is 11.7. The highest BCUT2D eigenvalue weighted by molar-refractivity contribution is 6.30. The molecule has 0 fully saturated rings. The van der Waals surface area contributed by atoms with Crippen molar-refractivity contribution in [2.24, 2.45) is 5.73 Å². The van der Waals surface area contributed by atoms with Crippen molar-refractivity contribution in [2.75, 3.05) is 13.2 Å². The molecular weight excluding hydrogens is 242 g/mol. The van der Waals surface area contributed by atoms with E-state index >= 15 is 0 Å². The third-order valence-corrected chi connectivity index (χ3v) is 2.51. The molecule has 0 saturated carbocycles. The molecule has 1 rings (SSSR count). The van der Waals surface area contributed by atoms with Gasteiger partial charge in [0.15, 0.2) is 0 Å². The molecule has 2 N–H and O–H groups in total. The van der Waals surface area contributed by atoms with Gasteiger partial charge >= 0.3 is 5.97 Å². The number of nitrogens with two attached hydrogens (primary N) is 1. The van der Waals surface area contributed by atoms with Gasteiger partial charge in [-0.3, -0.25) is 0 Å². The van der Waals surface area contributed by atoms with Gasteiger partial charge in [0.25, 0.3) is 0 Å². The summed E-state index contributed by atoms with van der Waals surface area (Å²) in [6, 6.07) is 6.71. The molecule has 4 nitrogen and oxygen atoms in total. The third-order valence-electron chi connectivity index (χ3n) is 2.25. The van der Waals surface area contributed by atoms with Crippen molar-refractivity contribution in [3.63, 3.8) is 0 Å². The van der Waals surface area contributed by atoms with Gasteiger partial charge in [0.1, 0.15) is 5.75 Å². The van der Waals surface area contributed by atoms with Gasteiger partial charge in [0.05, 0.1) is 6.61 Å². The number of hydrogen-bond donors (Lipinski definition) is 1. The van der Waals surface area contributed by atoms with E-state index in [9.17, 15) is 4.79 Å². The Morgan fingerprint density at radius 3 is 2.47 bits per heavy atom. The summed E-state index contributed by atoms with van der Waals surface area (Å²) in [5.41, 5.74) is 4.39. The zero-order valence-electron chi connectivity index (χ0n) is 9.90. The van der Waals surface area contributed by atoms with Crippen LogP contribution >= 0.6 is 11.6 Å². The van der Waals surface area contributed by atoms with Gasteiger partial charge in [-0.2, -0.15) is 0 Å². The zero-order chi connectivity index (χ0) is 12.9. The van der Waals surface area contributed by atoms with E-state index in [4.69, 9.17) is 26.8 Å². The van der Waals surface area contributed by atoms with Crippen molar-refractivity contribution in [1.82, 2.24) is 0 Å². The lowest BCUT2D eigenvalue weighted by atomic mass is 10.1. The van der Waals surface area contributed by atoms with Crippen LogP contribution < -0.4 is 10.5 Å². The van der Waals surface area contributed by atoms with E-state index in [2.05, 4.69) is 0 Å². The van der Waals surface area contributed by atoms with Crippen molar-refractivity contribution in [3.05, 3.63) is 29.3 Å². The van der Waals surface area contributed by atoms with Crippen LogP contribution in [0.3, 0.4) is 0 Å². The molecule has 0 radical (unpaired) electrons. The van der Waals surface area contributed by atoms with Crippen LogP contribution in [0.25, 0.3) is 0 Å². The van der Waals surface area contributed by atoms with Crippen molar-refractivity contribution in [3.8, 4) is 5.75 Å². The number of esters is 1. The molecule has 1 atom stereocenters. The van der Waals surface area contributed by atoms with E-state index in [-0.39, 0.29) is 6.54 Å². The highest BCUT2D eigenvalue weighted by Crippen LogP contribution is 2.21. The molecule has 0 amide bonds. The normalized spacial score (nSPS) is 13.9. The topological polar surface area (TPSA) is 61.5 Å². The predicted octanol–water partition coefficient (Wildman–Crippen LogP) is 2.00. The van der Waals surface area contributed by atoms with Crippen LogP contribution in [0, 0.1) is 0 Å². The second kappa shape index (κ2) is 5.89. The molecule has 0 spiro atoms. The fourth-order valence-corrected chi connectivity index (χ4v) is 1.34. The van der Waals surface area contributed by atoms with E-state index in [0.717, 1.165) is 0 Å². The molecule has 0 bridgehead atoms. The van der Waals surface area contributed by atoms with Crippen molar-refractivity contribution < 1.29 is 14.3 Å². The van der Waals surface area contributed by atoms with Crippen LogP contribution in [0.5, 0.6) is 5.75 Å². The Labute approximate surface area is 106 Å². The van der Waals surface area contributed by atoms with E-state index in [0.29, 0.717) is 17.4 Å². The molecule has 94 valence electrons. The zero-order valence-corrected chi connectivity index (χ0v) is 10.7. The Hall–Kier alpha value is -1.26. The summed E-state index contributed by atoms with van der Waals surface area (Å²) in [7, 11) is 0. The number of ether oxygens (including phenoxy) is 2. The summed E-state index contributed by atoms with van der Waals surface area (Å²) in [5.74, 6) is 0.0489. The summed E-state index contributed by atoms with van der Waals surface area (Å²) in [6.07, 6.45) is 0. The van der Waals surface area contributed by atoms with E-state index in [1.165, 1.54) is 0 Å². The van der Waals surface area contributed by atoms with Crippen LogP contribution in [-0.4, -0.2) is 24.7 Å². The highest BCUT2D eigenvalue weighted by Gasteiger charge is 2.35. The lowest BCUT2D eigenvalue weighted by Crippen LogP contribution is -2.49. The van der Waals surface area contributed by atoms with Gasteiger partial charge in [-0.25, -0.2) is 4.79 Å². The van der Waals surface area contributed by atoms with E-state index in [1.54, 1.807) is 38.1 Å². The summed E-state index contributed by atoms with van der Waals surface area (Å²) in [5, 5.41) is 0.600. The Morgan fingerprint density at radius 2 is 2.00 bits per heavy atom. The molecule has 0 aromatic heterocycles.